The number of rotatable bonds is 3. The molecule has 0 saturated carbocycles. The van der Waals surface area contributed by atoms with Crippen molar-refractivity contribution in [1.29, 1.82) is 0 Å². The Bertz CT molecular complexity index is 593. The molecule has 7 heteroatoms. The molecule has 2 rings (SSSR count). The molecule has 1 aromatic rings. The Labute approximate surface area is 133 Å². The Hall–Kier alpha value is -2.18. The highest BCUT2D eigenvalue weighted by Gasteiger charge is 2.69. The summed E-state index contributed by atoms with van der Waals surface area (Å²) >= 11 is 0. The Kier molecular flexibility index (Phi) is 4.58. The molecule has 126 valence electrons. The van der Waals surface area contributed by atoms with Crippen LogP contribution in [-0.2, 0) is 20.9 Å². The largest absolute Gasteiger partial charge is 0.467 e. The number of benzene rings is 1. The van der Waals surface area contributed by atoms with E-state index in [2.05, 4.69) is 4.74 Å². The van der Waals surface area contributed by atoms with Crippen LogP contribution in [0.2, 0.25) is 0 Å². The monoisotopic (exact) mass is 327 g/mol. The second-order valence-corrected chi connectivity index (χ2v) is 5.74. The minimum atomic E-state index is -3.41. The second-order valence-electron chi connectivity index (χ2n) is 5.74. The summed E-state index contributed by atoms with van der Waals surface area (Å²) in [6.45, 7) is 1.94. The number of ether oxygens (including phenoxy) is 2. The lowest BCUT2D eigenvalue weighted by molar-refractivity contribution is -0.173. The Balaban J connectivity index is 2.19. The van der Waals surface area contributed by atoms with Crippen molar-refractivity contribution in [1.82, 2.24) is 4.90 Å². The number of hydrogen-bond donors (Lipinski definition) is 0. The van der Waals surface area contributed by atoms with Gasteiger partial charge in [0.25, 0.3) is 5.92 Å². The fourth-order valence-electron chi connectivity index (χ4n) is 2.73. The lowest BCUT2D eigenvalue weighted by Gasteiger charge is -2.35. The molecule has 0 aromatic heterocycles. The van der Waals surface area contributed by atoms with Gasteiger partial charge in [-0.25, -0.2) is 18.4 Å². The van der Waals surface area contributed by atoms with Crippen LogP contribution in [0.5, 0.6) is 0 Å². The smallest absolute Gasteiger partial charge is 0.411 e. The maximum atomic E-state index is 14.4. The van der Waals surface area contributed by atoms with E-state index in [-0.39, 0.29) is 13.2 Å². The predicted molar refractivity (Wildman–Crippen MR) is 77.9 cm³/mol. The summed E-state index contributed by atoms with van der Waals surface area (Å²) in [6.07, 6.45) is -0.967. The molecule has 0 aliphatic carbocycles. The highest BCUT2D eigenvalue weighted by atomic mass is 19.3. The maximum Gasteiger partial charge on any atom is 0.411 e. The van der Waals surface area contributed by atoms with E-state index < -0.39 is 29.4 Å². The van der Waals surface area contributed by atoms with Gasteiger partial charge in [-0.15, -0.1) is 0 Å². The minimum Gasteiger partial charge on any atom is -0.467 e. The van der Waals surface area contributed by atoms with Crippen molar-refractivity contribution < 1.29 is 27.8 Å². The molecule has 1 aliphatic heterocycles. The minimum absolute atomic E-state index is 0.0621. The van der Waals surface area contributed by atoms with Gasteiger partial charge in [0.05, 0.1) is 7.11 Å². The quantitative estimate of drug-likeness (QED) is 0.801. The van der Waals surface area contributed by atoms with Gasteiger partial charge >= 0.3 is 12.1 Å². The van der Waals surface area contributed by atoms with Gasteiger partial charge < -0.3 is 9.47 Å². The predicted octanol–water partition coefficient (Wildman–Crippen LogP) is 2.84. The average Bonchev–Trinajstić information content (AvgIpc) is 2.74. The van der Waals surface area contributed by atoms with E-state index in [0.29, 0.717) is 0 Å². The van der Waals surface area contributed by atoms with Crippen LogP contribution in [-0.4, -0.2) is 42.1 Å². The molecule has 23 heavy (non-hydrogen) atoms. The van der Waals surface area contributed by atoms with Crippen molar-refractivity contribution >= 4 is 12.1 Å². The van der Waals surface area contributed by atoms with Crippen molar-refractivity contribution in [2.45, 2.75) is 31.9 Å². The molecular weight excluding hydrogens is 308 g/mol. The van der Waals surface area contributed by atoms with E-state index in [4.69, 9.17) is 4.74 Å². The fourth-order valence-corrected chi connectivity index (χ4v) is 2.73. The number of carbonyl (C=O) groups is 2. The summed E-state index contributed by atoms with van der Waals surface area (Å²) in [6, 6.07) is 8.84. The van der Waals surface area contributed by atoms with Crippen LogP contribution in [0.1, 0.15) is 19.4 Å². The van der Waals surface area contributed by atoms with E-state index in [0.717, 1.165) is 24.5 Å². The van der Waals surface area contributed by atoms with Crippen LogP contribution in [0, 0.1) is 5.92 Å². The van der Waals surface area contributed by atoms with E-state index in [9.17, 15) is 18.4 Å². The summed E-state index contributed by atoms with van der Waals surface area (Å²) in [4.78, 5) is 24.9. The lowest BCUT2D eigenvalue weighted by Crippen LogP contribution is -2.60. The first-order valence-electron chi connectivity index (χ1n) is 7.19. The molecule has 1 fully saturated rings. The van der Waals surface area contributed by atoms with Gasteiger partial charge in [-0.05, 0) is 12.5 Å². The zero-order valence-corrected chi connectivity index (χ0v) is 13.2. The van der Waals surface area contributed by atoms with Crippen LogP contribution < -0.4 is 0 Å². The number of alkyl halides is 2. The van der Waals surface area contributed by atoms with Crippen molar-refractivity contribution in [3.63, 3.8) is 0 Å². The molecular formula is C16H19F2NO4. The zero-order valence-electron chi connectivity index (χ0n) is 13.2. The second kappa shape index (κ2) is 6.14. The molecule has 5 nitrogen and oxygen atoms in total. The number of methoxy groups -OCH3 is 1. The van der Waals surface area contributed by atoms with E-state index in [1.807, 2.05) is 6.07 Å². The molecule has 0 N–H and O–H groups in total. The first kappa shape index (κ1) is 17.2. The van der Waals surface area contributed by atoms with Crippen molar-refractivity contribution in [3.05, 3.63) is 35.9 Å². The van der Waals surface area contributed by atoms with E-state index in [1.54, 1.807) is 24.3 Å². The first-order chi connectivity index (χ1) is 10.7. The van der Waals surface area contributed by atoms with Gasteiger partial charge in [0, 0.05) is 12.5 Å². The first-order valence-corrected chi connectivity index (χ1v) is 7.19. The molecule has 1 aliphatic rings. The van der Waals surface area contributed by atoms with Crippen LogP contribution in [0.25, 0.3) is 0 Å². The van der Waals surface area contributed by atoms with Gasteiger partial charge in [0.15, 0.2) is 0 Å². The number of amides is 1. The highest BCUT2D eigenvalue weighted by molar-refractivity contribution is 5.87. The Morgan fingerprint density at radius 1 is 1.30 bits per heavy atom. The topological polar surface area (TPSA) is 55.8 Å². The van der Waals surface area contributed by atoms with Gasteiger partial charge in [-0.2, -0.15) is 0 Å². The normalized spacial score (nSPS) is 26.0. The average molecular weight is 327 g/mol. The maximum absolute atomic E-state index is 14.4. The lowest BCUT2D eigenvalue weighted by atomic mass is 9.90. The van der Waals surface area contributed by atoms with Gasteiger partial charge in [-0.3, -0.25) is 4.90 Å². The molecule has 1 heterocycles. The van der Waals surface area contributed by atoms with E-state index in [1.165, 1.54) is 6.92 Å². The van der Waals surface area contributed by atoms with Crippen molar-refractivity contribution in [2.75, 3.05) is 13.7 Å². The zero-order chi connectivity index (χ0) is 17.3. The Morgan fingerprint density at radius 2 is 1.91 bits per heavy atom. The number of nitrogens with zero attached hydrogens (tertiary/aromatic N) is 1. The SMILES string of the molecule is COC(=O)C1(C)N(C(=O)OCc2ccccc2)CC(C)C1(F)F. The van der Waals surface area contributed by atoms with Gasteiger partial charge in [-0.1, -0.05) is 37.3 Å². The molecule has 1 aromatic carbocycles. The third-order valence-corrected chi connectivity index (χ3v) is 4.27. The summed E-state index contributed by atoms with van der Waals surface area (Å²) in [5, 5.41) is 0. The third kappa shape index (κ3) is 2.75. The van der Waals surface area contributed by atoms with Crippen molar-refractivity contribution in [3.8, 4) is 0 Å². The van der Waals surface area contributed by atoms with Crippen LogP contribution in [0.3, 0.4) is 0 Å². The summed E-state index contributed by atoms with van der Waals surface area (Å²) in [5.74, 6) is -5.76. The van der Waals surface area contributed by atoms with Gasteiger partial charge in [0.2, 0.25) is 5.54 Å². The standard InChI is InChI=1S/C16H19F2NO4/c1-11-9-19(15(2,13(20)22-3)16(11,17)18)14(21)23-10-12-7-5-4-6-8-12/h4-8,11H,9-10H2,1-3H3. The number of hydrogen-bond acceptors (Lipinski definition) is 4. The summed E-state index contributed by atoms with van der Waals surface area (Å²) in [7, 11) is 1.01. The molecule has 1 amide bonds. The highest BCUT2D eigenvalue weighted by Crippen LogP contribution is 2.47. The van der Waals surface area contributed by atoms with E-state index >= 15 is 0 Å². The van der Waals surface area contributed by atoms with Gasteiger partial charge in [0.1, 0.15) is 6.61 Å². The number of esters is 1. The summed E-state index contributed by atoms with van der Waals surface area (Å²) < 4.78 is 38.5. The summed E-state index contributed by atoms with van der Waals surface area (Å²) in [5.41, 5.74) is -1.66. The molecule has 1 saturated heterocycles. The molecule has 0 bridgehead atoms. The number of likely N-dealkylation sites (tertiary alicyclic amines) is 1. The molecule has 2 unspecified atom stereocenters. The van der Waals surface area contributed by atoms with Crippen LogP contribution in [0.4, 0.5) is 13.6 Å². The number of halogens is 2. The van der Waals surface area contributed by atoms with Crippen LogP contribution in [0.15, 0.2) is 30.3 Å². The number of carbonyl (C=O) groups excluding carboxylic acids is 2. The molecule has 0 radical (unpaired) electrons. The molecule has 2 atom stereocenters. The fraction of sp³-hybridized carbons (Fsp3) is 0.500. The van der Waals surface area contributed by atoms with Crippen molar-refractivity contribution in [2.24, 2.45) is 5.92 Å². The third-order valence-electron chi connectivity index (χ3n) is 4.27. The Morgan fingerprint density at radius 3 is 2.48 bits per heavy atom. The molecule has 0 spiro atoms. The van der Waals surface area contributed by atoms with Crippen LogP contribution >= 0.6 is 0 Å².